The average molecular weight is 361 g/mol. The number of halogens is 1. The summed E-state index contributed by atoms with van der Waals surface area (Å²) in [4.78, 5) is 17.8. The van der Waals surface area contributed by atoms with E-state index in [4.69, 9.17) is 0 Å². The maximum absolute atomic E-state index is 12.7. The Morgan fingerprint density at radius 2 is 2.10 bits per heavy atom. The summed E-state index contributed by atoms with van der Waals surface area (Å²) in [5.74, 6) is 0. The van der Waals surface area contributed by atoms with E-state index < -0.39 is 0 Å². The minimum Gasteiger partial charge on any atom is -0.295 e. The number of hydrogen-bond donors (Lipinski definition) is 0. The van der Waals surface area contributed by atoms with Gasteiger partial charge in [-0.15, -0.1) is 11.3 Å². The molecule has 5 heteroatoms. The second-order valence-electron chi connectivity index (χ2n) is 4.97. The Morgan fingerprint density at radius 1 is 1.38 bits per heavy atom. The Kier molecular flexibility index (Phi) is 3.78. The number of hydrogen-bond acceptors (Lipinski definition) is 3. The zero-order valence-corrected chi connectivity index (χ0v) is 13.9. The largest absolute Gasteiger partial charge is 0.295 e. The SMILES string of the molecule is C=C(C)Cn1cnc2scc(-c3ccc(Br)cc3)c2c1=O. The van der Waals surface area contributed by atoms with E-state index in [1.807, 2.05) is 36.6 Å². The first-order valence-corrected chi connectivity index (χ1v) is 8.10. The van der Waals surface area contributed by atoms with Gasteiger partial charge in [-0.2, -0.15) is 0 Å². The van der Waals surface area contributed by atoms with Crippen LogP contribution in [0.25, 0.3) is 21.3 Å². The van der Waals surface area contributed by atoms with E-state index in [1.165, 1.54) is 11.3 Å². The van der Waals surface area contributed by atoms with Gasteiger partial charge in [-0.1, -0.05) is 40.2 Å². The maximum Gasteiger partial charge on any atom is 0.263 e. The van der Waals surface area contributed by atoms with Gasteiger partial charge in [-0.25, -0.2) is 4.98 Å². The Morgan fingerprint density at radius 3 is 2.76 bits per heavy atom. The molecule has 0 saturated carbocycles. The normalized spacial score (nSPS) is 11.0. The Labute approximate surface area is 134 Å². The third-order valence-corrected chi connectivity index (χ3v) is 4.57. The Hall–Kier alpha value is -1.72. The molecule has 106 valence electrons. The van der Waals surface area contributed by atoms with Crippen LogP contribution in [0.1, 0.15) is 6.92 Å². The summed E-state index contributed by atoms with van der Waals surface area (Å²) >= 11 is 4.92. The van der Waals surface area contributed by atoms with Crippen molar-refractivity contribution in [2.45, 2.75) is 13.5 Å². The van der Waals surface area contributed by atoms with Gasteiger partial charge in [0.25, 0.3) is 5.56 Å². The maximum atomic E-state index is 12.7. The molecule has 21 heavy (non-hydrogen) atoms. The molecule has 3 aromatic rings. The number of aromatic nitrogens is 2. The summed E-state index contributed by atoms with van der Waals surface area (Å²) in [5.41, 5.74) is 2.88. The fourth-order valence-electron chi connectivity index (χ4n) is 2.21. The van der Waals surface area contributed by atoms with E-state index >= 15 is 0 Å². The summed E-state index contributed by atoms with van der Waals surface area (Å²) in [5, 5.41) is 2.68. The van der Waals surface area contributed by atoms with Gasteiger partial charge in [0.1, 0.15) is 4.83 Å². The molecular weight excluding hydrogens is 348 g/mol. The molecule has 2 aromatic heterocycles. The highest BCUT2D eigenvalue weighted by atomic mass is 79.9. The van der Waals surface area contributed by atoms with Gasteiger partial charge in [0.15, 0.2) is 0 Å². The van der Waals surface area contributed by atoms with Crippen molar-refractivity contribution in [2.75, 3.05) is 0 Å². The standard InChI is InChI=1S/C16H13BrN2OS/c1-10(2)7-19-9-18-15-14(16(19)20)13(8-21-15)11-3-5-12(17)6-4-11/h3-6,8-9H,1,7H2,2H3. The second kappa shape index (κ2) is 5.58. The first-order valence-electron chi connectivity index (χ1n) is 6.43. The van der Waals surface area contributed by atoms with E-state index in [-0.39, 0.29) is 5.56 Å². The van der Waals surface area contributed by atoms with Crippen LogP contribution in [0.2, 0.25) is 0 Å². The molecule has 0 saturated heterocycles. The third-order valence-electron chi connectivity index (χ3n) is 3.16. The molecule has 0 radical (unpaired) electrons. The highest BCUT2D eigenvalue weighted by Gasteiger charge is 2.13. The van der Waals surface area contributed by atoms with Gasteiger partial charge in [0, 0.05) is 22.0 Å². The number of fused-ring (bicyclic) bond motifs is 1. The fraction of sp³-hybridized carbons (Fsp3) is 0.125. The lowest BCUT2D eigenvalue weighted by molar-refractivity contribution is 0.739. The van der Waals surface area contributed by atoms with E-state index in [2.05, 4.69) is 27.5 Å². The van der Waals surface area contributed by atoms with Crippen LogP contribution < -0.4 is 5.56 Å². The van der Waals surface area contributed by atoms with Crippen LogP contribution in [0.5, 0.6) is 0 Å². The molecule has 1 aromatic carbocycles. The second-order valence-corrected chi connectivity index (χ2v) is 6.74. The van der Waals surface area contributed by atoms with Crippen LogP contribution in [0, 0.1) is 0 Å². The number of benzene rings is 1. The van der Waals surface area contributed by atoms with Gasteiger partial charge < -0.3 is 0 Å². The van der Waals surface area contributed by atoms with Crippen LogP contribution in [0.15, 0.2) is 57.4 Å². The smallest absolute Gasteiger partial charge is 0.263 e. The van der Waals surface area contributed by atoms with Crippen molar-refractivity contribution in [1.29, 1.82) is 0 Å². The van der Waals surface area contributed by atoms with E-state index in [0.29, 0.717) is 11.9 Å². The predicted molar refractivity (Wildman–Crippen MR) is 91.8 cm³/mol. The van der Waals surface area contributed by atoms with Crippen LogP contribution in [-0.2, 0) is 6.54 Å². The number of nitrogens with zero attached hydrogens (tertiary/aromatic N) is 2. The molecule has 0 bridgehead atoms. The van der Waals surface area contributed by atoms with Crippen molar-refractivity contribution in [1.82, 2.24) is 9.55 Å². The van der Waals surface area contributed by atoms with Crippen molar-refractivity contribution in [3.05, 3.63) is 63.0 Å². The van der Waals surface area contributed by atoms with Crippen LogP contribution in [-0.4, -0.2) is 9.55 Å². The van der Waals surface area contributed by atoms with E-state index in [0.717, 1.165) is 26.0 Å². The van der Waals surface area contributed by atoms with Crippen molar-refractivity contribution >= 4 is 37.5 Å². The summed E-state index contributed by atoms with van der Waals surface area (Å²) in [6.45, 7) is 6.26. The average Bonchev–Trinajstić information content (AvgIpc) is 2.87. The zero-order chi connectivity index (χ0) is 15.0. The van der Waals surface area contributed by atoms with Gasteiger partial charge in [-0.3, -0.25) is 9.36 Å². The Bertz CT molecular complexity index is 877. The van der Waals surface area contributed by atoms with Crippen LogP contribution in [0.3, 0.4) is 0 Å². The molecule has 0 spiro atoms. The lowest BCUT2D eigenvalue weighted by Crippen LogP contribution is -2.20. The highest BCUT2D eigenvalue weighted by molar-refractivity contribution is 9.10. The van der Waals surface area contributed by atoms with Crippen molar-refractivity contribution in [2.24, 2.45) is 0 Å². The lowest BCUT2D eigenvalue weighted by atomic mass is 10.1. The van der Waals surface area contributed by atoms with Gasteiger partial charge >= 0.3 is 0 Å². The topological polar surface area (TPSA) is 34.9 Å². The van der Waals surface area contributed by atoms with Crippen molar-refractivity contribution < 1.29 is 0 Å². The fourth-order valence-corrected chi connectivity index (χ4v) is 3.38. The minimum atomic E-state index is -0.0119. The summed E-state index contributed by atoms with van der Waals surface area (Å²) < 4.78 is 2.63. The van der Waals surface area contributed by atoms with Crippen LogP contribution >= 0.6 is 27.3 Å². The number of rotatable bonds is 3. The molecule has 0 unspecified atom stereocenters. The Balaban J connectivity index is 2.22. The molecule has 0 aliphatic carbocycles. The van der Waals surface area contributed by atoms with Crippen molar-refractivity contribution in [3.63, 3.8) is 0 Å². The van der Waals surface area contributed by atoms with Gasteiger partial charge in [-0.05, 0) is 24.6 Å². The molecule has 0 fully saturated rings. The zero-order valence-electron chi connectivity index (χ0n) is 11.5. The first-order chi connectivity index (χ1) is 10.1. The number of thiophene rings is 1. The summed E-state index contributed by atoms with van der Waals surface area (Å²) in [7, 11) is 0. The lowest BCUT2D eigenvalue weighted by Gasteiger charge is -2.05. The molecule has 0 aliphatic rings. The molecule has 0 aliphatic heterocycles. The summed E-state index contributed by atoms with van der Waals surface area (Å²) in [6.07, 6.45) is 1.60. The number of allylic oxidation sites excluding steroid dienone is 1. The molecule has 0 atom stereocenters. The first kappa shape index (κ1) is 14.2. The molecule has 0 amide bonds. The molecule has 3 nitrogen and oxygen atoms in total. The minimum absolute atomic E-state index is 0.0119. The van der Waals surface area contributed by atoms with Crippen LogP contribution in [0.4, 0.5) is 0 Å². The molecule has 0 N–H and O–H groups in total. The van der Waals surface area contributed by atoms with Gasteiger partial charge in [0.2, 0.25) is 0 Å². The highest BCUT2D eigenvalue weighted by Crippen LogP contribution is 2.31. The molecule has 2 heterocycles. The van der Waals surface area contributed by atoms with Gasteiger partial charge in [0.05, 0.1) is 11.7 Å². The predicted octanol–water partition coefficient (Wildman–Crippen LogP) is 4.46. The van der Waals surface area contributed by atoms with Crippen molar-refractivity contribution in [3.8, 4) is 11.1 Å². The quantitative estimate of drug-likeness (QED) is 0.646. The molecular formula is C16H13BrN2OS. The monoisotopic (exact) mass is 360 g/mol. The van der Waals surface area contributed by atoms with E-state index in [9.17, 15) is 4.79 Å². The third kappa shape index (κ3) is 2.71. The van der Waals surface area contributed by atoms with E-state index in [1.54, 1.807) is 10.9 Å². The molecule has 3 rings (SSSR count). The summed E-state index contributed by atoms with van der Waals surface area (Å²) in [6, 6.07) is 7.95.